The molecule has 0 saturated carbocycles. The molecule has 0 radical (unpaired) electrons. The third-order valence-electron chi connectivity index (χ3n) is 3.19. The second-order valence-corrected chi connectivity index (χ2v) is 4.61. The van der Waals surface area contributed by atoms with Crippen molar-refractivity contribution in [1.29, 1.82) is 0 Å². The van der Waals surface area contributed by atoms with Crippen molar-refractivity contribution in [3.05, 3.63) is 54.0 Å². The summed E-state index contributed by atoms with van der Waals surface area (Å²) in [6.07, 6.45) is 3.57. The predicted molar refractivity (Wildman–Crippen MR) is 79.5 cm³/mol. The highest BCUT2D eigenvalue weighted by molar-refractivity contribution is 5.45. The summed E-state index contributed by atoms with van der Waals surface area (Å²) in [6, 6.07) is 9.77. The lowest BCUT2D eigenvalue weighted by Gasteiger charge is -2.28. The van der Waals surface area contributed by atoms with E-state index in [1.807, 2.05) is 36.5 Å². The van der Waals surface area contributed by atoms with Crippen LogP contribution in [-0.4, -0.2) is 36.1 Å². The van der Waals surface area contributed by atoms with Crippen molar-refractivity contribution in [2.24, 2.45) is 0 Å². The topological polar surface area (TPSA) is 41.1 Å². The van der Waals surface area contributed by atoms with E-state index in [0.29, 0.717) is 0 Å². The van der Waals surface area contributed by atoms with Crippen molar-refractivity contribution in [3.8, 4) is 11.8 Å². The van der Waals surface area contributed by atoms with Crippen LogP contribution < -0.4 is 10.2 Å². The molecule has 20 heavy (non-hydrogen) atoms. The van der Waals surface area contributed by atoms with Crippen LogP contribution in [0.15, 0.2) is 42.7 Å². The summed E-state index contributed by atoms with van der Waals surface area (Å²) in [5, 5.41) is 3.34. The number of aromatic nitrogens is 2. The third kappa shape index (κ3) is 3.14. The first-order chi connectivity index (χ1) is 9.92. The van der Waals surface area contributed by atoms with E-state index in [9.17, 15) is 0 Å². The van der Waals surface area contributed by atoms with Crippen molar-refractivity contribution < 1.29 is 0 Å². The lowest BCUT2D eigenvalue weighted by Crippen LogP contribution is -2.43. The zero-order chi connectivity index (χ0) is 13.6. The Kier molecular flexibility index (Phi) is 3.91. The maximum atomic E-state index is 4.49. The monoisotopic (exact) mass is 264 g/mol. The number of nitrogens with zero attached hydrogens (tertiary/aromatic N) is 3. The number of anilines is 1. The summed E-state index contributed by atoms with van der Waals surface area (Å²) in [7, 11) is 0. The van der Waals surface area contributed by atoms with Gasteiger partial charge in [-0.2, -0.15) is 0 Å². The van der Waals surface area contributed by atoms with Crippen molar-refractivity contribution >= 4 is 5.82 Å². The van der Waals surface area contributed by atoms with Crippen molar-refractivity contribution in [2.45, 2.75) is 0 Å². The van der Waals surface area contributed by atoms with Crippen LogP contribution in [-0.2, 0) is 0 Å². The van der Waals surface area contributed by atoms with Gasteiger partial charge in [0, 0.05) is 44.1 Å². The largest absolute Gasteiger partial charge is 0.354 e. The molecule has 3 rings (SSSR count). The Morgan fingerprint density at radius 2 is 1.90 bits per heavy atom. The van der Waals surface area contributed by atoms with Gasteiger partial charge in [-0.15, -0.1) is 0 Å². The van der Waals surface area contributed by atoms with Crippen LogP contribution in [0.25, 0.3) is 0 Å². The quantitative estimate of drug-likeness (QED) is 0.788. The molecular formula is C16H16N4. The van der Waals surface area contributed by atoms with Gasteiger partial charge in [0.1, 0.15) is 11.5 Å². The van der Waals surface area contributed by atoms with E-state index < -0.39 is 0 Å². The van der Waals surface area contributed by atoms with Crippen LogP contribution in [0.4, 0.5) is 5.82 Å². The van der Waals surface area contributed by atoms with Crippen LogP contribution in [0.5, 0.6) is 0 Å². The fraction of sp³-hybridized carbons (Fsp3) is 0.250. The molecule has 3 heterocycles. The van der Waals surface area contributed by atoms with E-state index in [1.165, 1.54) is 0 Å². The highest BCUT2D eigenvalue weighted by Gasteiger charge is 2.10. The molecule has 1 fully saturated rings. The van der Waals surface area contributed by atoms with Gasteiger partial charge in [0.25, 0.3) is 0 Å². The van der Waals surface area contributed by atoms with Crippen molar-refractivity contribution in [1.82, 2.24) is 15.3 Å². The molecule has 0 aliphatic carbocycles. The number of nitrogens with one attached hydrogen (secondary N) is 1. The highest BCUT2D eigenvalue weighted by Crippen LogP contribution is 2.11. The first-order valence-corrected chi connectivity index (χ1v) is 6.76. The average Bonchev–Trinajstić information content (AvgIpc) is 2.55. The summed E-state index contributed by atoms with van der Waals surface area (Å²) in [5.74, 6) is 7.14. The molecule has 4 nitrogen and oxygen atoms in total. The first kappa shape index (κ1) is 12.6. The smallest absolute Gasteiger partial charge is 0.128 e. The molecule has 4 heteroatoms. The highest BCUT2D eigenvalue weighted by atomic mass is 15.2. The molecule has 0 spiro atoms. The van der Waals surface area contributed by atoms with Gasteiger partial charge in [-0.25, -0.2) is 9.97 Å². The van der Waals surface area contributed by atoms with Crippen LogP contribution in [0, 0.1) is 11.8 Å². The number of piperazine rings is 1. The molecule has 2 aromatic heterocycles. The van der Waals surface area contributed by atoms with E-state index in [4.69, 9.17) is 0 Å². The molecule has 2 aromatic rings. The maximum Gasteiger partial charge on any atom is 0.128 e. The lowest BCUT2D eigenvalue weighted by atomic mass is 10.2. The molecule has 0 aromatic carbocycles. The number of pyridine rings is 2. The molecule has 1 aliphatic rings. The first-order valence-electron chi connectivity index (χ1n) is 6.76. The minimum absolute atomic E-state index is 0.777. The summed E-state index contributed by atoms with van der Waals surface area (Å²) in [5.41, 5.74) is 1.69. The molecular weight excluding hydrogens is 248 g/mol. The Labute approximate surface area is 118 Å². The van der Waals surface area contributed by atoms with E-state index in [2.05, 4.69) is 32.0 Å². The van der Waals surface area contributed by atoms with Gasteiger partial charge in [-0.05, 0) is 30.2 Å². The van der Waals surface area contributed by atoms with Gasteiger partial charge in [0.15, 0.2) is 0 Å². The number of hydrogen-bond donors (Lipinski definition) is 1. The molecule has 100 valence electrons. The fourth-order valence-corrected chi connectivity index (χ4v) is 2.11. The van der Waals surface area contributed by atoms with Crippen molar-refractivity contribution in [3.63, 3.8) is 0 Å². The van der Waals surface area contributed by atoms with Crippen LogP contribution in [0.2, 0.25) is 0 Å². The minimum Gasteiger partial charge on any atom is -0.354 e. The Hall–Kier alpha value is -2.38. The maximum absolute atomic E-state index is 4.49. The zero-order valence-corrected chi connectivity index (χ0v) is 11.2. The Balaban J connectivity index is 1.72. The SMILES string of the molecule is C(#Cc1ccccn1)c1ccc(N2CCNCC2)nc1. The summed E-state index contributed by atoms with van der Waals surface area (Å²) < 4.78 is 0. The summed E-state index contributed by atoms with van der Waals surface area (Å²) in [6.45, 7) is 4.05. The summed E-state index contributed by atoms with van der Waals surface area (Å²) >= 11 is 0. The van der Waals surface area contributed by atoms with Gasteiger partial charge in [0.05, 0.1) is 0 Å². The van der Waals surface area contributed by atoms with E-state index >= 15 is 0 Å². The normalized spacial score (nSPS) is 14.5. The molecule has 1 saturated heterocycles. The third-order valence-corrected chi connectivity index (χ3v) is 3.19. The Bertz CT molecular complexity index is 604. The number of hydrogen-bond acceptors (Lipinski definition) is 4. The Morgan fingerprint density at radius 1 is 1.00 bits per heavy atom. The number of rotatable bonds is 1. The second kappa shape index (κ2) is 6.18. The van der Waals surface area contributed by atoms with Crippen LogP contribution >= 0.6 is 0 Å². The van der Waals surface area contributed by atoms with Gasteiger partial charge in [0.2, 0.25) is 0 Å². The van der Waals surface area contributed by atoms with Crippen molar-refractivity contribution in [2.75, 3.05) is 31.1 Å². The van der Waals surface area contributed by atoms with Crippen LogP contribution in [0.3, 0.4) is 0 Å². The van der Waals surface area contributed by atoms with Gasteiger partial charge < -0.3 is 10.2 Å². The van der Waals surface area contributed by atoms with Gasteiger partial charge in [-0.3, -0.25) is 0 Å². The molecule has 0 atom stereocenters. The molecule has 0 unspecified atom stereocenters. The van der Waals surface area contributed by atoms with E-state index in [0.717, 1.165) is 43.3 Å². The fourth-order valence-electron chi connectivity index (χ4n) is 2.11. The second-order valence-electron chi connectivity index (χ2n) is 4.61. The van der Waals surface area contributed by atoms with Gasteiger partial charge >= 0.3 is 0 Å². The van der Waals surface area contributed by atoms with Gasteiger partial charge in [-0.1, -0.05) is 12.0 Å². The average molecular weight is 264 g/mol. The molecule has 1 N–H and O–H groups in total. The predicted octanol–water partition coefficient (Wildman–Crippen LogP) is 1.29. The summed E-state index contributed by atoms with van der Waals surface area (Å²) in [4.78, 5) is 10.9. The minimum atomic E-state index is 0.777. The molecule has 1 aliphatic heterocycles. The van der Waals surface area contributed by atoms with Crippen LogP contribution in [0.1, 0.15) is 11.3 Å². The van der Waals surface area contributed by atoms with E-state index in [-0.39, 0.29) is 0 Å². The lowest BCUT2D eigenvalue weighted by molar-refractivity contribution is 0.585. The Morgan fingerprint density at radius 3 is 2.60 bits per heavy atom. The van der Waals surface area contributed by atoms with E-state index in [1.54, 1.807) is 6.20 Å². The molecule has 0 amide bonds. The standard InChI is InChI=1S/C16H16N4/c1-2-8-18-15(3-1)6-4-14-5-7-16(19-13-14)20-11-9-17-10-12-20/h1-3,5,7-8,13,17H,9-12H2. The zero-order valence-electron chi connectivity index (χ0n) is 11.2. The molecule has 0 bridgehead atoms.